The number of furan rings is 1. The van der Waals surface area contributed by atoms with Crippen molar-refractivity contribution in [2.24, 2.45) is 5.73 Å². The number of carbonyl (C=O) groups is 1. The van der Waals surface area contributed by atoms with Gasteiger partial charge in [-0.2, -0.15) is 0 Å². The Hall–Kier alpha value is -5.46. The van der Waals surface area contributed by atoms with Crippen LogP contribution in [0.3, 0.4) is 0 Å². The topological polar surface area (TPSA) is 187 Å². The number of nitrogens with one attached hydrogen (secondary N) is 3. The van der Waals surface area contributed by atoms with E-state index in [1.807, 2.05) is 6.07 Å². The first kappa shape index (κ1) is 24.2. The molecule has 38 heavy (non-hydrogen) atoms. The molecule has 3 heterocycles. The Kier molecular flexibility index (Phi) is 6.31. The van der Waals surface area contributed by atoms with E-state index < -0.39 is 17.7 Å². The number of esters is 1. The number of rotatable bonds is 8. The van der Waals surface area contributed by atoms with Crippen LogP contribution >= 0.6 is 0 Å². The summed E-state index contributed by atoms with van der Waals surface area (Å²) in [6.07, 6.45) is 4.56. The molecule has 0 aliphatic heterocycles. The molecule has 0 bridgehead atoms. The fourth-order valence-electron chi connectivity index (χ4n) is 3.95. The number of ether oxygens (including phenoxy) is 2. The largest absolute Gasteiger partial charge is 0.493 e. The third-order valence-electron chi connectivity index (χ3n) is 5.58. The third kappa shape index (κ3) is 4.67. The van der Waals surface area contributed by atoms with Gasteiger partial charge >= 0.3 is 11.7 Å². The number of nitrogens with zero attached hydrogens (tertiary/aromatic N) is 4. The number of benzene rings is 2. The number of hydrogen-bond donors (Lipinski definition) is 4. The lowest BCUT2D eigenvalue weighted by Gasteiger charge is -2.20. The van der Waals surface area contributed by atoms with E-state index in [0.29, 0.717) is 22.6 Å². The van der Waals surface area contributed by atoms with E-state index in [-0.39, 0.29) is 28.9 Å². The van der Waals surface area contributed by atoms with Crippen molar-refractivity contribution in [2.75, 3.05) is 12.4 Å². The molecule has 0 amide bonds. The summed E-state index contributed by atoms with van der Waals surface area (Å²) >= 11 is 0. The molecule has 1 unspecified atom stereocenters. The van der Waals surface area contributed by atoms with Crippen molar-refractivity contribution in [2.45, 2.75) is 13.0 Å². The van der Waals surface area contributed by atoms with Crippen LogP contribution in [-0.4, -0.2) is 43.6 Å². The van der Waals surface area contributed by atoms with Gasteiger partial charge in [0, 0.05) is 36.5 Å². The van der Waals surface area contributed by atoms with Gasteiger partial charge in [-0.3, -0.25) is 15.2 Å². The summed E-state index contributed by atoms with van der Waals surface area (Å²) in [5, 5.41) is 16.3. The Morgan fingerprint density at radius 1 is 1.18 bits per heavy atom. The van der Waals surface area contributed by atoms with Gasteiger partial charge in [0.15, 0.2) is 17.2 Å². The standard InChI is InChI=1S/C25H22N8O5/c1-13(34)38-18-12-16(4-5-17(18)22(26)27)30-20(15-10-14-6-9-37-21(14)19(11-15)36-2)23-31-25(35)33(32-23)24-28-7-3-8-29-24/h3-12,20,30H,1-2H3,(H3,26,27)(H,31,32,35). The van der Waals surface area contributed by atoms with E-state index in [1.54, 1.807) is 36.6 Å². The lowest BCUT2D eigenvalue weighted by atomic mass is 10.0. The quantitative estimate of drug-likeness (QED) is 0.104. The number of aromatic nitrogens is 5. The maximum atomic E-state index is 12.8. The van der Waals surface area contributed by atoms with Gasteiger partial charge in [-0.05, 0) is 42.0 Å². The molecule has 13 nitrogen and oxygen atoms in total. The van der Waals surface area contributed by atoms with Crippen molar-refractivity contribution in [3.8, 4) is 17.4 Å². The number of nitrogens with two attached hydrogens (primary N) is 1. The maximum Gasteiger partial charge on any atom is 0.350 e. The Morgan fingerprint density at radius 2 is 1.97 bits per heavy atom. The molecular formula is C25H22N8O5. The lowest BCUT2D eigenvalue weighted by molar-refractivity contribution is -0.131. The molecule has 1 atom stereocenters. The minimum Gasteiger partial charge on any atom is -0.493 e. The predicted molar refractivity (Wildman–Crippen MR) is 137 cm³/mol. The molecule has 0 spiro atoms. The fraction of sp³-hybridized carbons (Fsp3) is 0.120. The molecule has 0 saturated heterocycles. The number of aromatic amines is 1. The van der Waals surface area contributed by atoms with Crippen LogP contribution in [0.25, 0.3) is 16.9 Å². The summed E-state index contributed by atoms with van der Waals surface area (Å²) < 4.78 is 17.4. The first-order valence-corrected chi connectivity index (χ1v) is 11.3. The molecule has 2 aromatic carbocycles. The molecule has 0 aliphatic carbocycles. The molecule has 0 radical (unpaired) electrons. The van der Waals surface area contributed by atoms with Gasteiger partial charge < -0.3 is 24.9 Å². The van der Waals surface area contributed by atoms with Crippen LogP contribution in [-0.2, 0) is 4.79 Å². The minimum absolute atomic E-state index is 0.101. The highest BCUT2D eigenvalue weighted by Crippen LogP contribution is 2.34. The summed E-state index contributed by atoms with van der Waals surface area (Å²) in [5.41, 5.74) is 7.11. The SMILES string of the molecule is COc1cc(C(Nc2ccc(C(=N)N)c(OC(C)=O)c2)c2nn(-c3ncccn3)c(=O)[nH]2)cc2ccoc12. The van der Waals surface area contributed by atoms with E-state index in [9.17, 15) is 9.59 Å². The van der Waals surface area contributed by atoms with Crippen LogP contribution in [0.15, 0.2) is 70.3 Å². The second-order valence-electron chi connectivity index (χ2n) is 8.13. The average molecular weight is 515 g/mol. The highest BCUT2D eigenvalue weighted by atomic mass is 16.5. The zero-order valence-corrected chi connectivity index (χ0v) is 20.3. The zero-order chi connectivity index (χ0) is 26.8. The fourth-order valence-corrected chi connectivity index (χ4v) is 3.95. The van der Waals surface area contributed by atoms with Crippen LogP contribution < -0.4 is 26.2 Å². The molecule has 5 rings (SSSR count). The Morgan fingerprint density at radius 3 is 2.68 bits per heavy atom. The van der Waals surface area contributed by atoms with Crippen LogP contribution in [0.1, 0.15) is 29.9 Å². The van der Waals surface area contributed by atoms with Crippen molar-refractivity contribution in [1.82, 2.24) is 24.7 Å². The molecular weight excluding hydrogens is 492 g/mol. The van der Waals surface area contributed by atoms with Crippen LogP contribution in [0.2, 0.25) is 0 Å². The van der Waals surface area contributed by atoms with Gasteiger partial charge in [0.2, 0.25) is 0 Å². The monoisotopic (exact) mass is 514 g/mol. The van der Waals surface area contributed by atoms with Gasteiger partial charge in [0.05, 0.1) is 18.9 Å². The summed E-state index contributed by atoms with van der Waals surface area (Å²) in [5.74, 6) is 0.109. The molecule has 0 aliphatic rings. The highest BCUT2D eigenvalue weighted by Gasteiger charge is 2.24. The molecule has 0 saturated carbocycles. The van der Waals surface area contributed by atoms with Gasteiger partial charge in [-0.25, -0.2) is 14.8 Å². The third-order valence-corrected chi connectivity index (χ3v) is 5.58. The van der Waals surface area contributed by atoms with Crippen molar-refractivity contribution < 1.29 is 18.7 Å². The second kappa shape index (κ2) is 9.89. The normalized spacial score (nSPS) is 11.7. The van der Waals surface area contributed by atoms with Crippen LogP contribution in [0, 0.1) is 5.41 Å². The van der Waals surface area contributed by atoms with Crippen molar-refractivity contribution >= 4 is 28.5 Å². The summed E-state index contributed by atoms with van der Waals surface area (Å²) in [4.78, 5) is 35.5. The summed E-state index contributed by atoms with van der Waals surface area (Å²) in [6, 6.07) is 11.1. The van der Waals surface area contributed by atoms with E-state index in [0.717, 1.165) is 10.1 Å². The van der Waals surface area contributed by atoms with Gasteiger partial charge in [-0.15, -0.1) is 9.78 Å². The maximum absolute atomic E-state index is 12.8. The first-order valence-electron chi connectivity index (χ1n) is 11.3. The first-order chi connectivity index (χ1) is 18.3. The number of carbonyl (C=O) groups excluding carboxylic acids is 1. The highest BCUT2D eigenvalue weighted by molar-refractivity contribution is 5.98. The van der Waals surface area contributed by atoms with Crippen LogP contribution in [0.4, 0.5) is 5.69 Å². The summed E-state index contributed by atoms with van der Waals surface area (Å²) in [6.45, 7) is 1.25. The van der Waals surface area contributed by atoms with E-state index in [2.05, 4.69) is 25.4 Å². The zero-order valence-electron chi connectivity index (χ0n) is 20.3. The average Bonchev–Trinajstić information content (AvgIpc) is 3.53. The van der Waals surface area contributed by atoms with Gasteiger partial charge in [0.1, 0.15) is 17.6 Å². The number of amidine groups is 1. The molecule has 5 N–H and O–H groups in total. The Balaban J connectivity index is 1.64. The molecule has 0 fully saturated rings. The molecule has 192 valence electrons. The van der Waals surface area contributed by atoms with Crippen molar-refractivity contribution in [3.05, 3.63) is 88.6 Å². The van der Waals surface area contributed by atoms with Gasteiger partial charge in [-0.1, -0.05) is 0 Å². The molecule has 3 aromatic heterocycles. The van der Waals surface area contributed by atoms with E-state index in [4.69, 9.17) is 25.0 Å². The van der Waals surface area contributed by atoms with Crippen molar-refractivity contribution in [1.29, 1.82) is 5.41 Å². The molecule has 13 heteroatoms. The number of fused-ring (bicyclic) bond motifs is 1. The number of methoxy groups -OCH3 is 1. The molecule has 5 aromatic rings. The number of anilines is 1. The predicted octanol–water partition coefficient (Wildman–Crippen LogP) is 2.52. The smallest absolute Gasteiger partial charge is 0.350 e. The van der Waals surface area contributed by atoms with E-state index >= 15 is 0 Å². The summed E-state index contributed by atoms with van der Waals surface area (Å²) in [7, 11) is 1.53. The number of nitrogen functional groups attached to an aromatic ring is 1. The van der Waals surface area contributed by atoms with E-state index in [1.165, 1.54) is 32.5 Å². The van der Waals surface area contributed by atoms with Crippen molar-refractivity contribution in [3.63, 3.8) is 0 Å². The number of hydrogen-bond acceptors (Lipinski definition) is 10. The second-order valence-corrected chi connectivity index (χ2v) is 8.13. The lowest BCUT2D eigenvalue weighted by Crippen LogP contribution is -2.18. The van der Waals surface area contributed by atoms with Gasteiger partial charge in [0.25, 0.3) is 5.95 Å². The Labute approximate surface area is 214 Å². The van der Waals surface area contributed by atoms with Crippen LogP contribution in [0.5, 0.6) is 11.5 Å². The number of H-pyrrole nitrogens is 1. The minimum atomic E-state index is -0.728. The Bertz CT molecular complexity index is 1710.